The van der Waals surface area contributed by atoms with Crippen molar-refractivity contribution in [2.45, 2.75) is 13.3 Å². The van der Waals surface area contributed by atoms with Crippen molar-refractivity contribution in [1.82, 2.24) is 0 Å². The SMILES string of the molecule is CC(=O)O.OCCCOc1ccccc1. The van der Waals surface area contributed by atoms with E-state index >= 15 is 0 Å². The van der Waals surface area contributed by atoms with E-state index in [9.17, 15) is 0 Å². The first-order valence-corrected chi connectivity index (χ1v) is 4.65. The van der Waals surface area contributed by atoms with Gasteiger partial charge in [0.05, 0.1) is 6.61 Å². The van der Waals surface area contributed by atoms with Crippen LogP contribution in [0.5, 0.6) is 5.75 Å². The summed E-state index contributed by atoms with van der Waals surface area (Å²) < 4.78 is 5.29. The number of carboxylic acid groups (broad SMARTS) is 1. The predicted molar refractivity (Wildman–Crippen MR) is 56.9 cm³/mol. The second-order valence-corrected chi connectivity index (χ2v) is 2.76. The standard InChI is InChI=1S/C9H12O2.C2H4O2/c10-7-4-8-11-9-5-2-1-3-6-9;1-2(3)4/h1-3,5-6,10H,4,7-8H2;1H3,(H,3,4). The molecule has 0 bridgehead atoms. The zero-order chi connectivity index (χ0) is 11.5. The Bertz CT molecular complexity index is 255. The molecule has 0 spiro atoms. The van der Waals surface area contributed by atoms with E-state index in [0.717, 1.165) is 12.7 Å². The highest BCUT2D eigenvalue weighted by molar-refractivity contribution is 5.62. The Balaban J connectivity index is 0.000000423. The van der Waals surface area contributed by atoms with Gasteiger partial charge in [-0.05, 0) is 12.1 Å². The number of aliphatic hydroxyl groups excluding tert-OH is 1. The molecule has 0 atom stereocenters. The molecule has 1 aromatic rings. The Morgan fingerprint density at radius 3 is 2.33 bits per heavy atom. The summed E-state index contributed by atoms with van der Waals surface area (Å²) in [5.74, 6) is 0.0287. The van der Waals surface area contributed by atoms with Crippen molar-refractivity contribution in [1.29, 1.82) is 0 Å². The molecule has 0 aromatic heterocycles. The van der Waals surface area contributed by atoms with Crippen LogP contribution in [0.3, 0.4) is 0 Å². The average molecular weight is 212 g/mol. The smallest absolute Gasteiger partial charge is 0.300 e. The van der Waals surface area contributed by atoms with Crippen molar-refractivity contribution in [3.8, 4) is 5.75 Å². The van der Waals surface area contributed by atoms with E-state index in [1.807, 2.05) is 30.3 Å². The summed E-state index contributed by atoms with van der Waals surface area (Å²) in [5, 5.41) is 15.9. The highest BCUT2D eigenvalue weighted by Crippen LogP contribution is 2.07. The van der Waals surface area contributed by atoms with Crippen molar-refractivity contribution < 1.29 is 19.7 Å². The molecule has 1 rings (SSSR count). The van der Waals surface area contributed by atoms with Gasteiger partial charge in [-0.2, -0.15) is 0 Å². The first-order chi connectivity index (χ1) is 7.16. The van der Waals surface area contributed by atoms with Crippen molar-refractivity contribution in [2.75, 3.05) is 13.2 Å². The molecular weight excluding hydrogens is 196 g/mol. The summed E-state index contributed by atoms with van der Waals surface area (Å²) in [6, 6.07) is 9.59. The summed E-state index contributed by atoms with van der Waals surface area (Å²) in [4.78, 5) is 9.00. The van der Waals surface area contributed by atoms with Gasteiger partial charge >= 0.3 is 0 Å². The lowest BCUT2D eigenvalue weighted by Crippen LogP contribution is -1.98. The molecule has 0 aliphatic heterocycles. The highest BCUT2D eigenvalue weighted by Gasteiger charge is 1.88. The van der Waals surface area contributed by atoms with E-state index in [1.54, 1.807) is 0 Å². The third-order valence-electron chi connectivity index (χ3n) is 1.31. The van der Waals surface area contributed by atoms with Crippen molar-refractivity contribution in [3.05, 3.63) is 30.3 Å². The summed E-state index contributed by atoms with van der Waals surface area (Å²) in [5.41, 5.74) is 0. The van der Waals surface area contributed by atoms with Gasteiger partial charge in [0.25, 0.3) is 5.97 Å². The molecule has 0 heterocycles. The molecule has 0 saturated carbocycles. The zero-order valence-corrected chi connectivity index (χ0v) is 8.72. The predicted octanol–water partition coefficient (Wildman–Crippen LogP) is 1.54. The number of aliphatic carboxylic acids is 1. The third-order valence-corrected chi connectivity index (χ3v) is 1.31. The molecule has 0 fully saturated rings. The maximum atomic E-state index is 9.00. The van der Waals surface area contributed by atoms with Crippen molar-refractivity contribution in [3.63, 3.8) is 0 Å². The number of hydrogen-bond acceptors (Lipinski definition) is 3. The van der Waals surface area contributed by atoms with Crippen LogP contribution in [0.4, 0.5) is 0 Å². The quantitative estimate of drug-likeness (QED) is 0.743. The first-order valence-electron chi connectivity index (χ1n) is 4.65. The van der Waals surface area contributed by atoms with Crippen LogP contribution in [0.2, 0.25) is 0 Å². The van der Waals surface area contributed by atoms with Crippen LogP contribution in [0.1, 0.15) is 13.3 Å². The van der Waals surface area contributed by atoms with Gasteiger partial charge in [-0.1, -0.05) is 18.2 Å². The molecule has 1 aromatic carbocycles. The first kappa shape index (κ1) is 13.4. The summed E-state index contributed by atoms with van der Waals surface area (Å²) >= 11 is 0. The van der Waals surface area contributed by atoms with E-state index in [1.165, 1.54) is 0 Å². The van der Waals surface area contributed by atoms with Crippen LogP contribution in [0.15, 0.2) is 30.3 Å². The summed E-state index contributed by atoms with van der Waals surface area (Å²) in [6.07, 6.45) is 0.689. The number of carboxylic acids is 1. The minimum absolute atomic E-state index is 0.187. The molecule has 84 valence electrons. The second kappa shape index (κ2) is 9.02. The van der Waals surface area contributed by atoms with E-state index in [2.05, 4.69) is 0 Å². The van der Waals surface area contributed by atoms with E-state index in [4.69, 9.17) is 19.7 Å². The molecule has 2 N–H and O–H groups in total. The molecule has 0 saturated heterocycles. The topological polar surface area (TPSA) is 66.8 Å². The van der Waals surface area contributed by atoms with Crippen LogP contribution >= 0.6 is 0 Å². The number of benzene rings is 1. The highest BCUT2D eigenvalue weighted by atomic mass is 16.5. The largest absolute Gasteiger partial charge is 0.494 e. The van der Waals surface area contributed by atoms with Crippen LogP contribution in [-0.2, 0) is 4.79 Å². The van der Waals surface area contributed by atoms with Gasteiger partial charge < -0.3 is 14.9 Å². The van der Waals surface area contributed by atoms with E-state index in [0.29, 0.717) is 13.0 Å². The number of aliphatic hydroxyl groups is 1. The average Bonchev–Trinajstić information content (AvgIpc) is 2.19. The minimum Gasteiger partial charge on any atom is -0.494 e. The minimum atomic E-state index is -0.833. The maximum Gasteiger partial charge on any atom is 0.300 e. The monoisotopic (exact) mass is 212 g/mol. The van der Waals surface area contributed by atoms with Gasteiger partial charge in [0, 0.05) is 20.0 Å². The maximum absolute atomic E-state index is 9.00. The van der Waals surface area contributed by atoms with Crippen molar-refractivity contribution >= 4 is 5.97 Å². The van der Waals surface area contributed by atoms with Gasteiger partial charge in [0.15, 0.2) is 0 Å². The molecule has 0 radical (unpaired) electrons. The van der Waals surface area contributed by atoms with Gasteiger partial charge in [-0.3, -0.25) is 4.79 Å². The lowest BCUT2D eigenvalue weighted by atomic mass is 10.3. The Morgan fingerprint density at radius 2 is 1.87 bits per heavy atom. The molecule has 15 heavy (non-hydrogen) atoms. The third kappa shape index (κ3) is 10.4. The molecule has 0 aliphatic carbocycles. The van der Waals surface area contributed by atoms with Crippen molar-refractivity contribution in [2.24, 2.45) is 0 Å². The van der Waals surface area contributed by atoms with E-state index in [-0.39, 0.29) is 6.61 Å². The number of carbonyl (C=O) groups is 1. The Kier molecular flexibility index (Phi) is 8.09. The van der Waals surface area contributed by atoms with Crippen LogP contribution in [-0.4, -0.2) is 29.4 Å². The van der Waals surface area contributed by atoms with Gasteiger partial charge in [-0.15, -0.1) is 0 Å². The van der Waals surface area contributed by atoms with Gasteiger partial charge in [0.1, 0.15) is 5.75 Å². The summed E-state index contributed by atoms with van der Waals surface area (Å²) in [6.45, 7) is 1.85. The fourth-order valence-corrected chi connectivity index (χ4v) is 0.771. The second-order valence-electron chi connectivity index (χ2n) is 2.76. The lowest BCUT2D eigenvalue weighted by molar-refractivity contribution is -0.134. The van der Waals surface area contributed by atoms with E-state index < -0.39 is 5.97 Å². The Labute approximate surface area is 89.1 Å². The fraction of sp³-hybridized carbons (Fsp3) is 0.364. The Morgan fingerprint density at radius 1 is 1.33 bits per heavy atom. The van der Waals surface area contributed by atoms with Crippen LogP contribution < -0.4 is 4.74 Å². The molecular formula is C11H16O4. The number of hydrogen-bond donors (Lipinski definition) is 2. The van der Waals surface area contributed by atoms with Crippen LogP contribution in [0, 0.1) is 0 Å². The van der Waals surface area contributed by atoms with Crippen LogP contribution in [0.25, 0.3) is 0 Å². The summed E-state index contributed by atoms with van der Waals surface area (Å²) in [7, 11) is 0. The van der Waals surface area contributed by atoms with Gasteiger partial charge in [0.2, 0.25) is 0 Å². The molecule has 0 unspecified atom stereocenters. The molecule has 4 heteroatoms. The number of para-hydroxylation sites is 1. The Hall–Kier alpha value is -1.55. The fourth-order valence-electron chi connectivity index (χ4n) is 0.771. The van der Waals surface area contributed by atoms with Gasteiger partial charge in [-0.25, -0.2) is 0 Å². The molecule has 4 nitrogen and oxygen atoms in total. The number of ether oxygens (including phenoxy) is 1. The lowest BCUT2D eigenvalue weighted by Gasteiger charge is -2.02. The molecule has 0 aliphatic rings. The molecule has 0 amide bonds. The zero-order valence-electron chi connectivity index (χ0n) is 8.72. The number of rotatable bonds is 4. The normalized spacial score (nSPS) is 8.67.